The summed E-state index contributed by atoms with van der Waals surface area (Å²) in [6, 6.07) is 0.421. The molecule has 1 rings (SSSR count). The lowest BCUT2D eigenvalue weighted by atomic mass is 10.2. The van der Waals surface area contributed by atoms with Gasteiger partial charge in [0.05, 0.1) is 19.3 Å². The molecule has 1 aliphatic heterocycles. The van der Waals surface area contributed by atoms with Gasteiger partial charge >= 0.3 is 0 Å². The molecular formula is C14H30N2O3. The van der Waals surface area contributed by atoms with E-state index in [1.807, 2.05) is 0 Å². The van der Waals surface area contributed by atoms with Gasteiger partial charge in [0.1, 0.15) is 0 Å². The Morgan fingerprint density at radius 2 is 2.16 bits per heavy atom. The van der Waals surface area contributed by atoms with Crippen LogP contribution >= 0.6 is 0 Å². The second-order valence-electron chi connectivity index (χ2n) is 5.17. The Labute approximate surface area is 117 Å². The van der Waals surface area contributed by atoms with Crippen LogP contribution < -0.4 is 5.32 Å². The van der Waals surface area contributed by atoms with Crippen molar-refractivity contribution in [1.29, 1.82) is 0 Å². The van der Waals surface area contributed by atoms with Gasteiger partial charge in [0.2, 0.25) is 0 Å². The molecule has 0 aromatic rings. The number of hydrogen-bond acceptors (Lipinski definition) is 5. The van der Waals surface area contributed by atoms with Gasteiger partial charge in [0.25, 0.3) is 0 Å². The Hall–Kier alpha value is -0.200. The van der Waals surface area contributed by atoms with Gasteiger partial charge in [0, 0.05) is 53.0 Å². The van der Waals surface area contributed by atoms with E-state index in [0.717, 1.165) is 46.0 Å². The van der Waals surface area contributed by atoms with Crippen molar-refractivity contribution in [3.05, 3.63) is 0 Å². The SMILES string of the molecule is COCCN(CCNCC1CCCO1)C(C)COC. The van der Waals surface area contributed by atoms with Gasteiger partial charge in [0.15, 0.2) is 0 Å². The Morgan fingerprint density at radius 1 is 1.32 bits per heavy atom. The summed E-state index contributed by atoms with van der Waals surface area (Å²) >= 11 is 0. The van der Waals surface area contributed by atoms with E-state index in [2.05, 4.69) is 17.1 Å². The summed E-state index contributed by atoms with van der Waals surface area (Å²) < 4.78 is 16.0. The van der Waals surface area contributed by atoms with E-state index in [9.17, 15) is 0 Å². The summed E-state index contributed by atoms with van der Waals surface area (Å²) in [5, 5.41) is 3.48. The van der Waals surface area contributed by atoms with Crippen LogP contribution in [0.2, 0.25) is 0 Å². The van der Waals surface area contributed by atoms with Crippen LogP contribution in [-0.4, -0.2) is 77.3 Å². The molecule has 1 heterocycles. The molecule has 0 bridgehead atoms. The predicted octanol–water partition coefficient (Wildman–Crippen LogP) is 0.738. The molecule has 1 saturated heterocycles. The summed E-state index contributed by atoms with van der Waals surface area (Å²) in [6.45, 7) is 8.56. The van der Waals surface area contributed by atoms with E-state index >= 15 is 0 Å². The number of hydrogen-bond donors (Lipinski definition) is 1. The molecule has 2 atom stereocenters. The van der Waals surface area contributed by atoms with Gasteiger partial charge in [-0.15, -0.1) is 0 Å². The van der Waals surface area contributed by atoms with Gasteiger partial charge < -0.3 is 19.5 Å². The fourth-order valence-electron chi connectivity index (χ4n) is 2.40. The first kappa shape index (κ1) is 16.9. The molecule has 0 saturated carbocycles. The van der Waals surface area contributed by atoms with Crippen LogP contribution in [0.5, 0.6) is 0 Å². The first-order valence-electron chi connectivity index (χ1n) is 7.32. The molecular weight excluding hydrogens is 244 g/mol. The number of rotatable bonds is 11. The summed E-state index contributed by atoms with van der Waals surface area (Å²) in [6.07, 6.45) is 2.82. The minimum absolute atomic E-state index is 0.420. The quantitative estimate of drug-likeness (QED) is 0.563. The molecule has 0 spiro atoms. The molecule has 0 aliphatic carbocycles. The maximum absolute atomic E-state index is 5.59. The lowest BCUT2D eigenvalue weighted by Crippen LogP contribution is -2.43. The smallest absolute Gasteiger partial charge is 0.0700 e. The van der Waals surface area contributed by atoms with Crippen molar-refractivity contribution in [3.63, 3.8) is 0 Å². The Balaban J connectivity index is 2.15. The second-order valence-corrected chi connectivity index (χ2v) is 5.17. The molecule has 1 aliphatic rings. The van der Waals surface area contributed by atoms with Crippen LogP contribution in [0.1, 0.15) is 19.8 Å². The summed E-state index contributed by atoms with van der Waals surface area (Å²) in [7, 11) is 3.50. The van der Waals surface area contributed by atoms with Crippen molar-refractivity contribution >= 4 is 0 Å². The highest BCUT2D eigenvalue weighted by Gasteiger charge is 2.16. The normalized spacial score (nSPS) is 21.2. The summed E-state index contributed by atoms with van der Waals surface area (Å²) in [5.41, 5.74) is 0. The van der Waals surface area contributed by atoms with Gasteiger partial charge in [-0.2, -0.15) is 0 Å². The third-order valence-corrected chi connectivity index (χ3v) is 3.59. The molecule has 0 radical (unpaired) electrons. The van der Waals surface area contributed by atoms with Crippen molar-refractivity contribution < 1.29 is 14.2 Å². The molecule has 0 amide bonds. The third-order valence-electron chi connectivity index (χ3n) is 3.59. The number of nitrogens with zero attached hydrogens (tertiary/aromatic N) is 1. The standard InChI is InChI=1S/C14H30N2O3/c1-13(12-18-3)16(8-10-17-2)7-6-15-11-14-5-4-9-19-14/h13-15H,4-12H2,1-3H3. The number of methoxy groups -OCH3 is 2. The topological polar surface area (TPSA) is 43.0 Å². The van der Waals surface area contributed by atoms with E-state index in [0.29, 0.717) is 12.1 Å². The molecule has 114 valence electrons. The number of ether oxygens (including phenoxy) is 3. The largest absolute Gasteiger partial charge is 0.383 e. The monoisotopic (exact) mass is 274 g/mol. The van der Waals surface area contributed by atoms with Crippen LogP contribution in [0.4, 0.5) is 0 Å². The molecule has 0 aromatic heterocycles. The fourth-order valence-corrected chi connectivity index (χ4v) is 2.40. The second kappa shape index (κ2) is 10.6. The van der Waals surface area contributed by atoms with E-state index in [1.165, 1.54) is 12.8 Å². The zero-order chi connectivity index (χ0) is 13.9. The van der Waals surface area contributed by atoms with Crippen LogP contribution in [-0.2, 0) is 14.2 Å². The van der Waals surface area contributed by atoms with E-state index < -0.39 is 0 Å². The first-order valence-corrected chi connectivity index (χ1v) is 7.32. The van der Waals surface area contributed by atoms with Crippen molar-refractivity contribution in [2.75, 3.05) is 60.2 Å². The predicted molar refractivity (Wildman–Crippen MR) is 76.6 cm³/mol. The van der Waals surface area contributed by atoms with Gasteiger partial charge in [-0.1, -0.05) is 0 Å². The zero-order valence-electron chi connectivity index (χ0n) is 12.7. The molecule has 19 heavy (non-hydrogen) atoms. The summed E-state index contributed by atoms with van der Waals surface area (Å²) in [4.78, 5) is 2.40. The van der Waals surface area contributed by atoms with E-state index in [-0.39, 0.29) is 0 Å². The van der Waals surface area contributed by atoms with E-state index in [1.54, 1.807) is 14.2 Å². The molecule has 0 aromatic carbocycles. The first-order chi connectivity index (χ1) is 9.27. The van der Waals surface area contributed by atoms with Gasteiger partial charge in [-0.3, -0.25) is 4.90 Å². The minimum atomic E-state index is 0.420. The fraction of sp³-hybridized carbons (Fsp3) is 1.00. The van der Waals surface area contributed by atoms with Crippen LogP contribution in [0.25, 0.3) is 0 Å². The molecule has 5 nitrogen and oxygen atoms in total. The highest BCUT2D eigenvalue weighted by Crippen LogP contribution is 2.10. The van der Waals surface area contributed by atoms with Crippen LogP contribution in [0.3, 0.4) is 0 Å². The Bertz CT molecular complexity index is 211. The minimum Gasteiger partial charge on any atom is -0.383 e. The Kier molecular flexibility index (Phi) is 9.38. The maximum atomic E-state index is 5.59. The van der Waals surface area contributed by atoms with Crippen molar-refractivity contribution in [3.8, 4) is 0 Å². The maximum Gasteiger partial charge on any atom is 0.0700 e. The van der Waals surface area contributed by atoms with Crippen molar-refractivity contribution in [1.82, 2.24) is 10.2 Å². The van der Waals surface area contributed by atoms with Crippen molar-refractivity contribution in [2.45, 2.75) is 31.9 Å². The van der Waals surface area contributed by atoms with E-state index in [4.69, 9.17) is 14.2 Å². The van der Waals surface area contributed by atoms with Gasteiger partial charge in [-0.05, 0) is 19.8 Å². The molecule has 1 N–H and O–H groups in total. The lowest BCUT2D eigenvalue weighted by Gasteiger charge is -2.28. The van der Waals surface area contributed by atoms with Crippen LogP contribution in [0.15, 0.2) is 0 Å². The van der Waals surface area contributed by atoms with Gasteiger partial charge in [-0.25, -0.2) is 0 Å². The Morgan fingerprint density at radius 3 is 2.79 bits per heavy atom. The third kappa shape index (κ3) is 7.22. The average molecular weight is 274 g/mol. The molecule has 2 unspecified atom stereocenters. The highest BCUT2D eigenvalue weighted by atomic mass is 16.5. The lowest BCUT2D eigenvalue weighted by molar-refractivity contribution is 0.0736. The van der Waals surface area contributed by atoms with Crippen molar-refractivity contribution in [2.24, 2.45) is 0 Å². The zero-order valence-corrected chi connectivity index (χ0v) is 12.7. The average Bonchev–Trinajstić information content (AvgIpc) is 2.91. The highest BCUT2D eigenvalue weighted by molar-refractivity contribution is 4.71. The van der Waals surface area contributed by atoms with Crippen LogP contribution in [0, 0.1) is 0 Å². The summed E-state index contributed by atoms with van der Waals surface area (Å²) in [5.74, 6) is 0. The molecule has 5 heteroatoms. The number of nitrogens with one attached hydrogen (secondary N) is 1. The molecule has 1 fully saturated rings.